The van der Waals surface area contributed by atoms with E-state index in [-0.39, 0.29) is 23.6 Å². The summed E-state index contributed by atoms with van der Waals surface area (Å²) in [6.07, 6.45) is 0.539. The minimum atomic E-state index is -3.34. The van der Waals surface area contributed by atoms with E-state index >= 15 is 0 Å². The summed E-state index contributed by atoms with van der Waals surface area (Å²) in [6.45, 7) is 5.30. The highest BCUT2D eigenvalue weighted by Crippen LogP contribution is 2.17. The average Bonchev–Trinajstić information content (AvgIpc) is 2.37. The van der Waals surface area contributed by atoms with Gasteiger partial charge in [0, 0.05) is 11.7 Å². The van der Waals surface area contributed by atoms with Crippen LogP contribution < -0.4 is 15.8 Å². The molecular weight excluding hydrogens is 290 g/mol. The molecule has 2 atom stereocenters. The lowest BCUT2D eigenvalue weighted by atomic mass is 10.0. The Morgan fingerprint density at radius 1 is 1.29 bits per heavy atom. The third-order valence-electron chi connectivity index (χ3n) is 3.08. The van der Waals surface area contributed by atoms with Crippen LogP contribution in [-0.4, -0.2) is 26.1 Å². The van der Waals surface area contributed by atoms with E-state index in [0.29, 0.717) is 17.8 Å². The van der Waals surface area contributed by atoms with E-state index in [2.05, 4.69) is 10.0 Å². The highest BCUT2D eigenvalue weighted by molar-refractivity contribution is 7.92. The molecule has 0 aliphatic rings. The SMILES string of the molecule is CCCS(=O)(=O)Nc1cccc(NC(=O)C(C)C(C)N)c1. The Kier molecular flexibility index (Phi) is 6.17. The molecule has 0 aromatic heterocycles. The first-order chi connectivity index (χ1) is 9.75. The molecule has 1 aromatic carbocycles. The van der Waals surface area contributed by atoms with E-state index < -0.39 is 10.0 Å². The van der Waals surface area contributed by atoms with Gasteiger partial charge in [0.05, 0.1) is 17.4 Å². The van der Waals surface area contributed by atoms with Crippen molar-refractivity contribution >= 4 is 27.3 Å². The molecule has 0 bridgehead atoms. The van der Waals surface area contributed by atoms with Crippen LogP contribution in [0.5, 0.6) is 0 Å². The lowest BCUT2D eigenvalue weighted by Crippen LogP contribution is -2.34. The minimum absolute atomic E-state index is 0.0608. The number of benzene rings is 1. The number of amides is 1. The third-order valence-corrected chi connectivity index (χ3v) is 4.57. The summed E-state index contributed by atoms with van der Waals surface area (Å²) in [6, 6.07) is 6.34. The van der Waals surface area contributed by atoms with Gasteiger partial charge < -0.3 is 11.1 Å². The van der Waals surface area contributed by atoms with Crippen molar-refractivity contribution in [2.24, 2.45) is 11.7 Å². The zero-order valence-corrected chi connectivity index (χ0v) is 13.4. The second-order valence-electron chi connectivity index (χ2n) is 5.14. The maximum Gasteiger partial charge on any atom is 0.232 e. The van der Waals surface area contributed by atoms with Gasteiger partial charge in [-0.1, -0.05) is 19.9 Å². The smallest absolute Gasteiger partial charge is 0.232 e. The predicted octanol–water partition coefficient (Wildman–Crippen LogP) is 1.76. The Bertz CT molecular complexity index is 585. The first-order valence-electron chi connectivity index (χ1n) is 6.92. The lowest BCUT2D eigenvalue weighted by Gasteiger charge is -2.16. The van der Waals surface area contributed by atoms with Gasteiger partial charge in [-0.2, -0.15) is 0 Å². The van der Waals surface area contributed by atoms with Crippen LogP contribution in [-0.2, 0) is 14.8 Å². The lowest BCUT2D eigenvalue weighted by molar-refractivity contribution is -0.119. The predicted molar refractivity (Wildman–Crippen MR) is 85.6 cm³/mol. The molecule has 6 nitrogen and oxygen atoms in total. The van der Waals surface area contributed by atoms with Crippen LogP contribution >= 0.6 is 0 Å². The largest absolute Gasteiger partial charge is 0.327 e. The van der Waals surface area contributed by atoms with Crippen LogP contribution in [0.2, 0.25) is 0 Å². The molecule has 0 saturated carbocycles. The minimum Gasteiger partial charge on any atom is -0.327 e. The maximum atomic E-state index is 11.9. The number of nitrogens with two attached hydrogens (primary N) is 1. The molecule has 0 heterocycles. The summed E-state index contributed by atoms with van der Waals surface area (Å²) in [5.74, 6) is -0.463. The number of anilines is 2. The van der Waals surface area contributed by atoms with Crippen LogP contribution in [0.4, 0.5) is 11.4 Å². The topological polar surface area (TPSA) is 101 Å². The van der Waals surface area contributed by atoms with Crippen molar-refractivity contribution in [3.05, 3.63) is 24.3 Å². The van der Waals surface area contributed by atoms with Crippen molar-refractivity contribution < 1.29 is 13.2 Å². The monoisotopic (exact) mass is 313 g/mol. The maximum absolute atomic E-state index is 11.9. The number of rotatable bonds is 7. The average molecular weight is 313 g/mol. The summed E-state index contributed by atoms with van der Waals surface area (Å²) in [4.78, 5) is 11.9. The first kappa shape index (κ1) is 17.5. The van der Waals surface area contributed by atoms with Crippen LogP contribution in [0.3, 0.4) is 0 Å². The molecule has 1 amide bonds. The zero-order chi connectivity index (χ0) is 16.0. The van der Waals surface area contributed by atoms with Crippen molar-refractivity contribution in [1.29, 1.82) is 0 Å². The van der Waals surface area contributed by atoms with Crippen molar-refractivity contribution in [2.75, 3.05) is 15.8 Å². The summed E-state index contributed by atoms with van der Waals surface area (Å²) in [5.41, 5.74) is 6.64. The Morgan fingerprint density at radius 2 is 1.90 bits per heavy atom. The summed E-state index contributed by atoms with van der Waals surface area (Å²) < 4.78 is 25.9. The standard InChI is InChI=1S/C14H23N3O3S/c1-4-8-21(19,20)17-13-7-5-6-12(9-13)16-14(18)10(2)11(3)15/h5-7,9-11,17H,4,8,15H2,1-3H3,(H,16,18). The van der Waals surface area contributed by atoms with Crippen LogP contribution in [0, 0.1) is 5.92 Å². The second-order valence-corrected chi connectivity index (χ2v) is 6.98. The molecule has 7 heteroatoms. The Labute approximate surface area is 126 Å². The van der Waals surface area contributed by atoms with Crippen molar-refractivity contribution in [1.82, 2.24) is 0 Å². The van der Waals surface area contributed by atoms with E-state index in [1.165, 1.54) is 0 Å². The number of nitrogens with one attached hydrogen (secondary N) is 2. The Morgan fingerprint density at radius 3 is 2.48 bits per heavy atom. The fourth-order valence-corrected chi connectivity index (χ4v) is 2.78. The fourth-order valence-electron chi connectivity index (χ4n) is 1.65. The van der Waals surface area contributed by atoms with Gasteiger partial charge in [-0.15, -0.1) is 0 Å². The van der Waals surface area contributed by atoms with Crippen LogP contribution in [0.1, 0.15) is 27.2 Å². The quantitative estimate of drug-likeness (QED) is 0.714. The molecule has 1 aromatic rings. The van der Waals surface area contributed by atoms with E-state index in [4.69, 9.17) is 5.73 Å². The van der Waals surface area contributed by atoms with E-state index in [1.807, 2.05) is 0 Å². The van der Waals surface area contributed by atoms with Gasteiger partial charge in [-0.3, -0.25) is 9.52 Å². The van der Waals surface area contributed by atoms with E-state index in [1.54, 1.807) is 45.0 Å². The molecule has 0 fully saturated rings. The molecule has 1 rings (SSSR count). The van der Waals surface area contributed by atoms with Crippen molar-refractivity contribution in [3.8, 4) is 0 Å². The normalized spacial score (nSPS) is 14.3. The molecule has 2 unspecified atom stereocenters. The van der Waals surface area contributed by atoms with Crippen LogP contribution in [0.25, 0.3) is 0 Å². The van der Waals surface area contributed by atoms with E-state index in [9.17, 15) is 13.2 Å². The van der Waals surface area contributed by atoms with Crippen LogP contribution in [0.15, 0.2) is 24.3 Å². The number of hydrogen-bond acceptors (Lipinski definition) is 4. The summed E-state index contributed by atoms with van der Waals surface area (Å²) in [5, 5.41) is 2.73. The Balaban J connectivity index is 2.80. The number of sulfonamides is 1. The molecule has 0 spiro atoms. The summed E-state index contributed by atoms with van der Waals surface area (Å²) >= 11 is 0. The van der Waals surface area contributed by atoms with Crippen molar-refractivity contribution in [2.45, 2.75) is 33.2 Å². The molecule has 21 heavy (non-hydrogen) atoms. The molecule has 0 radical (unpaired) electrons. The number of hydrogen-bond donors (Lipinski definition) is 3. The molecule has 118 valence electrons. The Hall–Kier alpha value is -1.60. The highest BCUT2D eigenvalue weighted by Gasteiger charge is 2.17. The second kappa shape index (κ2) is 7.42. The first-order valence-corrected chi connectivity index (χ1v) is 8.57. The molecule has 0 saturated heterocycles. The number of carbonyl (C=O) groups is 1. The molecule has 0 aliphatic heterocycles. The van der Waals surface area contributed by atoms with Gasteiger partial charge in [0.2, 0.25) is 15.9 Å². The van der Waals surface area contributed by atoms with Gasteiger partial charge in [-0.25, -0.2) is 8.42 Å². The summed E-state index contributed by atoms with van der Waals surface area (Å²) in [7, 11) is -3.34. The van der Waals surface area contributed by atoms with Gasteiger partial charge in [0.25, 0.3) is 0 Å². The van der Waals surface area contributed by atoms with Crippen molar-refractivity contribution in [3.63, 3.8) is 0 Å². The van der Waals surface area contributed by atoms with Gasteiger partial charge >= 0.3 is 0 Å². The third kappa shape index (κ3) is 5.73. The fraction of sp³-hybridized carbons (Fsp3) is 0.500. The number of carbonyl (C=O) groups excluding carboxylic acids is 1. The van der Waals surface area contributed by atoms with Gasteiger partial charge in [-0.05, 0) is 31.5 Å². The van der Waals surface area contributed by atoms with Gasteiger partial charge in [0.15, 0.2) is 0 Å². The molecular formula is C14H23N3O3S. The highest BCUT2D eigenvalue weighted by atomic mass is 32.2. The molecule has 4 N–H and O–H groups in total. The van der Waals surface area contributed by atoms with E-state index in [0.717, 1.165) is 0 Å². The van der Waals surface area contributed by atoms with Gasteiger partial charge in [0.1, 0.15) is 0 Å². The molecule has 0 aliphatic carbocycles. The zero-order valence-electron chi connectivity index (χ0n) is 12.6.